The molecule has 0 bridgehead atoms. The second kappa shape index (κ2) is 14.3. The Morgan fingerprint density at radius 3 is 2.52 bits per heavy atom. The third kappa shape index (κ3) is 7.96. The van der Waals surface area contributed by atoms with Crippen LogP contribution in [0.5, 0.6) is 0 Å². The van der Waals surface area contributed by atoms with E-state index in [9.17, 15) is 9.59 Å². The Kier molecular flexibility index (Phi) is 10.4. The first-order valence-electron chi connectivity index (χ1n) is 13.4. The number of esters is 1. The van der Waals surface area contributed by atoms with E-state index in [-0.39, 0.29) is 29.6 Å². The van der Waals surface area contributed by atoms with Gasteiger partial charge < -0.3 is 20.7 Å². The Hall–Kier alpha value is -4.10. The summed E-state index contributed by atoms with van der Waals surface area (Å²) in [7, 11) is 0. The minimum Gasteiger partial charge on any atom is -0.465 e. The van der Waals surface area contributed by atoms with Gasteiger partial charge in [-0.15, -0.1) is 11.8 Å². The molecule has 1 aromatic heterocycles. The molecule has 2 saturated heterocycles. The summed E-state index contributed by atoms with van der Waals surface area (Å²) in [5.74, 6) is 1.77. The van der Waals surface area contributed by atoms with Crippen LogP contribution in [0, 0.1) is 24.2 Å². The molecule has 1 amide bonds. The smallest absolute Gasteiger partial charge is 0.319 e. The number of cyclic esters (lactones) is 1. The van der Waals surface area contributed by atoms with Crippen molar-refractivity contribution in [2.24, 2.45) is 5.92 Å². The monoisotopic (exact) mass is 558 g/mol. The molecule has 3 N–H and O–H groups in total. The number of aromatic nitrogens is 2. The van der Waals surface area contributed by atoms with Crippen molar-refractivity contribution in [3.8, 4) is 17.3 Å². The molecule has 1 unspecified atom stereocenters. The molecule has 2 aromatic carbocycles. The van der Waals surface area contributed by atoms with Crippen molar-refractivity contribution in [2.45, 2.75) is 31.4 Å². The third-order valence-corrected chi connectivity index (χ3v) is 8.39. The zero-order valence-electron chi connectivity index (χ0n) is 22.6. The van der Waals surface area contributed by atoms with Crippen LogP contribution in [-0.2, 0) is 9.53 Å². The number of carbonyl (C=O) groups is 2. The van der Waals surface area contributed by atoms with Crippen molar-refractivity contribution in [2.75, 3.05) is 42.6 Å². The highest BCUT2D eigenvalue weighted by Gasteiger charge is 2.28. The van der Waals surface area contributed by atoms with Gasteiger partial charge in [-0.05, 0) is 61.3 Å². The van der Waals surface area contributed by atoms with Crippen LogP contribution in [0.15, 0.2) is 60.8 Å². The van der Waals surface area contributed by atoms with E-state index in [1.807, 2.05) is 13.0 Å². The maximum Gasteiger partial charge on any atom is 0.319 e. The summed E-state index contributed by atoms with van der Waals surface area (Å²) in [5, 5.41) is 11.0. The Labute approximate surface area is 239 Å². The number of ether oxygens (including phenoxy) is 1. The van der Waals surface area contributed by atoms with Crippen molar-refractivity contribution in [1.82, 2.24) is 15.3 Å². The van der Waals surface area contributed by atoms with Crippen LogP contribution in [0.3, 0.4) is 0 Å². The number of rotatable bonds is 7. The molecular formula is C30H34N6O3S. The molecule has 10 heteroatoms. The number of nitrogens with two attached hydrogens (primary N) is 1. The van der Waals surface area contributed by atoms with Gasteiger partial charge in [0.15, 0.2) is 0 Å². The van der Waals surface area contributed by atoms with Gasteiger partial charge in [-0.2, -0.15) is 5.26 Å². The van der Waals surface area contributed by atoms with Crippen molar-refractivity contribution in [3.63, 3.8) is 0 Å². The summed E-state index contributed by atoms with van der Waals surface area (Å²) in [6.45, 7) is 4.75. The van der Waals surface area contributed by atoms with Crippen LogP contribution >= 0.6 is 11.8 Å². The van der Waals surface area contributed by atoms with E-state index >= 15 is 0 Å². The van der Waals surface area contributed by atoms with Gasteiger partial charge in [0, 0.05) is 42.5 Å². The number of para-hydroxylation sites is 1. The fourth-order valence-electron chi connectivity index (χ4n) is 4.63. The summed E-state index contributed by atoms with van der Waals surface area (Å²) in [4.78, 5) is 33.7. The van der Waals surface area contributed by atoms with E-state index in [4.69, 9.17) is 15.7 Å². The Balaban J connectivity index is 0.000000185. The number of anilines is 2. The summed E-state index contributed by atoms with van der Waals surface area (Å²) in [5.41, 5.74) is 9.90. The number of nitriles is 1. The number of amides is 1. The van der Waals surface area contributed by atoms with E-state index in [0.29, 0.717) is 12.2 Å². The molecule has 2 aliphatic heterocycles. The SMILES string of the molecule is Cc1cnc(N)nc1-c1ccc(C(=O)NCC#N)cc1.O=C1OCCC1SCC1CCN(c2ccccc2)CC1. The average molecular weight is 559 g/mol. The van der Waals surface area contributed by atoms with Gasteiger partial charge in [0.05, 0.1) is 18.4 Å². The van der Waals surface area contributed by atoms with Crippen molar-refractivity contribution in [3.05, 3.63) is 71.9 Å². The molecule has 0 saturated carbocycles. The van der Waals surface area contributed by atoms with Crippen LogP contribution < -0.4 is 16.0 Å². The molecule has 208 valence electrons. The molecule has 3 heterocycles. The molecule has 40 heavy (non-hydrogen) atoms. The van der Waals surface area contributed by atoms with Crippen LogP contribution in [0.4, 0.5) is 11.6 Å². The Morgan fingerprint density at radius 2 is 1.88 bits per heavy atom. The van der Waals surface area contributed by atoms with Crippen LogP contribution in [0.25, 0.3) is 11.3 Å². The predicted molar refractivity (Wildman–Crippen MR) is 158 cm³/mol. The molecule has 0 aliphatic carbocycles. The topological polar surface area (TPSA) is 134 Å². The van der Waals surface area contributed by atoms with Gasteiger partial charge >= 0.3 is 5.97 Å². The normalized spacial score (nSPS) is 16.9. The number of hydrogen-bond acceptors (Lipinski definition) is 9. The molecule has 2 aliphatic rings. The summed E-state index contributed by atoms with van der Waals surface area (Å²) in [6.07, 6.45) is 5.00. The highest BCUT2D eigenvalue weighted by Crippen LogP contribution is 2.29. The molecule has 5 rings (SSSR count). The average Bonchev–Trinajstić information content (AvgIpc) is 3.41. The second-order valence-electron chi connectivity index (χ2n) is 9.72. The maximum absolute atomic E-state index is 11.7. The lowest BCUT2D eigenvalue weighted by atomic mass is 9.98. The van der Waals surface area contributed by atoms with Gasteiger partial charge in [-0.1, -0.05) is 30.3 Å². The molecule has 0 spiro atoms. The number of piperidine rings is 1. The molecule has 3 aromatic rings. The largest absolute Gasteiger partial charge is 0.465 e. The van der Waals surface area contributed by atoms with Crippen LogP contribution in [-0.4, -0.2) is 59.1 Å². The minimum absolute atomic E-state index is 0.00304. The number of nitrogen functional groups attached to an aromatic ring is 1. The number of carbonyl (C=O) groups excluding carboxylic acids is 2. The van der Waals surface area contributed by atoms with E-state index in [0.717, 1.165) is 48.0 Å². The lowest BCUT2D eigenvalue weighted by molar-refractivity contribution is -0.137. The van der Waals surface area contributed by atoms with Gasteiger partial charge in [-0.25, -0.2) is 9.97 Å². The number of nitrogens with one attached hydrogen (secondary N) is 1. The fraction of sp³-hybridized carbons (Fsp3) is 0.367. The third-order valence-electron chi connectivity index (χ3n) is 6.90. The van der Waals surface area contributed by atoms with Gasteiger partial charge in [0.2, 0.25) is 5.95 Å². The minimum atomic E-state index is -0.281. The predicted octanol–water partition coefficient (Wildman–Crippen LogP) is 4.24. The number of hydrogen-bond donors (Lipinski definition) is 2. The van der Waals surface area contributed by atoms with Gasteiger partial charge in [0.25, 0.3) is 5.91 Å². The highest BCUT2D eigenvalue weighted by molar-refractivity contribution is 8.00. The summed E-state index contributed by atoms with van der Waals surface area (Å²) < 4.78 is 5.01. The number of aryl methyl sites for hydroxylation is 1. The number of nitrogens with zero attached hydrogens (tertiary/aromatic N) is 4. The van der Waals surface area contributed by atoms with Crippen molar-refractivity contribution < 1.29 is 14.3 Å². The highest BCUT2D eigenvalue weighted by atomic mass is 32.2. The second-order valence-corrected chi connectivity index (χ2v) is 11.0. The number of thioether (sulfide) groups is 1. The van der Waals surface area contributed by atoms with E-state index in [1.54, 1.807) is 42.2 Å². The summed E-state index contributed by atoms with van der Waals surface area (Å²) in [6, 6.07) is 19.4. The summed E-state index contributed by atoms with van der Waals surface area (Å²) >= 11 is 1.80. The van der Waals surface area contributed by atoms with E-state index in [1.165, 1.54) is 18.5 Å². The van der Waals surface area contributed by atoms with Gasteiger partial charge in [-0.3, -0.25) is 9.59 Å². The molecule has 0 radical (unpaired) electrons. The molecule has 9 nitrogen and oxygen atoms in total. The quantitative estimate of drug-likeness (QED) is 0.322. The maximum atomic E-state index is 11.7. The van der Waals surface area contributed by atoms with E-state index < -0.39 is 0 Å². The van der Waals surface area contributed by atoms with Crippen molar-refractivity contribution in [1.29, 1.82) is 5.26 Å². The zero-order chi connectivity index (χ0) is 28.3. The van der Waals surface area contributed by atoms with Crippen molar-refractivity contribution >= 4 is 35.3 Å². The first-order valence-corrected chi connectivity index (χ1v) is 14.4. The van der Waals surface area contributed by atoms with E-state index in [2.05, 4.69) is 50.5 Å². The molecule has 1 atom stereocenters. The van der Waals surface area contributed by atoms with Gasteiger partial charge in [0.1, 0.15) is 11.8 Å². The van der Waals surface area contributed by atoms with Crippen LogP contribution in [0.1, 0.15) is 35.2 Å². The lowest BCUT2D eigenvalue weighted by Gasteiger charge is -2.33. The Bertz CT molecular complexity index is 1320. The Morgan fingerprint density at radius 1 is 1.15 bits per heavy atom. The number of benzene rings is 2. The first kappa shape index (κ1) is 28.9. The molecule has 2 fully saturated rings. The zero-order valence-corrected chi connectivity index (χ0v) is 23.4. The van der Waals surface area contributed by atoms with Crippen LogP contribution in [0.2, 0.25) is 0 Å². The first-order chi connectivity index (χ1) is 19.4. The standard InChI is InChI=1S/C16H21NO2S.C14H13N5O/c18-16-15(8-11-19-16)20-12-13-6-9-17(10-7-13)14-4-2-1-3-5-14;1-9-8-18-14(16)19-12(9)10-2-4-11(5-3-10)13(20)17-7-6-15/h1-5,13,15H,6-12H2;2-5,8H,7H2,1H3,(H,17,20)(H2,16,18,19). The fourth-order valence-corrected chi connectivity index (χ4v) is 5.93. The molecular weight excluding hydrogens is 524 g/mol. The lowest BCUT2D eigenvalue weighted by Crippen LogP contribution is -2.34.